The van der Waals surface area contributed by atoms with Gasteiger partial charge in [0.25, 0.3) is 0 Å². The molecule has 0 fully saturated rings. The third kappa shape index (κ3) is 4.63. The molecule has 0 spiro atoms. The third-order valence-electron chi connectivity index (χ3n) is 2.09. The molecule has 0 saturated carbocycles. The molecule has 5 nitrogen and oxygen atoms in total. The van der Waals surface area contributed by atoms with Crippen molar-refractivity contribution in [3.63, 3.8) is 0 Å². The summed E-state index contributed by atoms with van der Waals surface area (Å²) in [7, 11) is 3.54. The molecule has 0 saturated heterocycles. The van der Waals surface area contributed by atoms with E-state index in [1.807, 2.05) is 13.2 Å². The Morgan fingerprint density at radius 2 is 2.25 bits per heavy atom. The highest BCUT2D eigenvalue weighted by Gasteiger charge is 2.11. The summed E-state index contributed by atoms with van der Waals surface area (Å²) in [4.78, 5) is 0. The van der Waals surface area contributed by atoms with Gasteiger partial charge >= 0.3 is 0 Å². The fourth-order valence-electron chi connectivity index (χ4n) is 1.34. The molecule has 1 rings (SSSR count). The fourth-order valence-corrected chi connectivity index (χ4v) is 1.34. The van der Waals surface area contributed by atoms with E-state index in [1.54, 1.807) is 18.0 Å². The second kappa shape index (κ2) is 6.50. The van der Waals surface area contributed by atoms with Crippen molar-refractivity contribution in [3.8, 4) is 5.75 Å². The van der Waals surface area contributed by atoms with Crippen LogP contribution in [0, 0.1) is 0 Å². The van der Waals surface area contributed by atoms with Crippen molar-refractivity contribution in [1.29, 1.82) is 0 Å². The lowest BCUT2D eigenvalue weighted by atomic mass is 10.3. The molecule has 1 aromatic heterocycles. The molecule has 5 heteroatoms. The van der Waals surface area contributed by atoms with Crippen molar-refractivity contribution >= 4 is 0 Å². The number of hydrogen-bond acceptors (Lipinski definition) is 4. The van der Waals surface area contributed by atoms with E-state index in [-0.39, 0.29) is 6.10 Å². The molecule has 0 aromatic carbocycles. The van der Waals surface area contributed by atoms with Gasteiger partial charge in [0.05, 0.1) is 19.0 Å². The lowest BCUT2D eigenvalue weighted by Crippen LogP contribution is -2.37. The quantitative estimate of drug-likeness (QED) is 0.749. The first kappa shape index (κ1) is 13.0. The first-order chi connectivity index (χ1) is 7.61. The maximum atomic E-state index is 5.76. The van der Waals surface area contributed by atoms with E-state index < -0.39 is 0 Å². The minimum Gasteiger partial charge on any atom is -0.483 e. The molecule has 0 bridgehead atoms. The Balaban J connectivity index is 2.43. The van der Waals surface area contributed by atoms with Crippen LogP contribution in [0.4, 0.5) is 0 Å². The second-order valence-electron chi connectivity index (χ2n) is 4.11. The molecule has 1 aromatic rings. The smallest absolute Gasteiger partial charge is 0.157 e. The van der Waals surface area contributed by atoms with Crippen LogP contribution >= 0.6 is 0 Å². The van der Waals surface area contributed by atoms with Crippen LogP contribution in [0.2, 0.25) is 0 Å². The number of rotatable bonds is 7. The monoisotopic (exact) mass is 227 g/mol. The maximum absolute atomic E-state index is 5.76. The van der Waals surface area contributed by atoms with Crippen LogP contribution in [0.25, 0.3) is 0 Å². The molecule has 1 N–H and O–H groups in total. The number of nitrogens with one attached hydrogen (secondary N) is 1. The molecule has 1 unspecified atom stereocenters. The fraction of sp³-hybridized carbons (Fsp3) is 0.727. The zero-order chi connectivity index (χ0) is 12.0. The lowest BCUT2D eigenvalue weighted by molar-refractivity contribution is 0.0794. The van der Waals surface area contributed by atoms with Gasteiger partial charge in [-0.15, -0.1) is 0 Å². The van der Waals surface area contributed by atoms with Gasteiger partial charge in [0.2, 0.25) is 0 Å². The van der Waals surface area contributed by atoms with Crippen LogP contribution in [0.15, 0.2) is 12.4 Å². The molecule has 16 heavy (non-hydrogen) atoms. The Kier molecular flexibility index (Phi) is 5.28. The molecule has 1 heterocycles. The molecule has 0 radical (unpaired) electrons. The van der Waals surface area contributed by atoms with E-state index in [9.17, 15) is 0 Å². The van der Waals surface area contributed by atoms with Gasteiger partial charge < -0.3 is 14.8 Å². The predicted molar refractivity (Wildman–Crippen MR) is 62.6 cm³/mol. The Hall–Kier alpha value is -1.07. The highest BCUT2D eigenvalue weighted by molar-refractivity contribution is 5.11. The van der Waals surface area contributed by atoms with E-state index in [0.717, 1.165) is 12.3 Å². The summed E-state index contributed by atoms with van der Waals surface area (Å²) in [6, 6.07) is 0.442. The molecule has 0 amide bonds. The van der Waals surface area contributed by atoms with Gasteiger partial charge in [0.15, 0.2) is 5.75 Å². The Morgan fingerprint density at radius 3 is 2.75 bits per heavy atom. The van der Waals surface area contributed by atoms with Gasteiger partial charge in [-0.2, -0.15) is 5.10 Å². The number of ether oxygens (including phenoxy) is 2. The lowest BCUT2D eigenvalue weighted by Gasteiger charge is -2.19. The van der Waals surface area contributed by atoms with E-state index in [0.29, 0.717) is 12.6 Å². The molecule has 0 aliphatic rings. The van der Waals surface area contributed by atoms with Crippen molar-refractivity contribution in [2.45, 2.75) is 26.0 Å². The van der Waals surface area contributed by atoms with E-state index >= 15 is 0 Å². The summed E-state index contributed by atoms with van der Waals surface area (Å²) < 4.78 is 12.6. The summed E-state index contributed by atoms with van der Waals surface area (Å²) in [5.41, 5.74) is 0. The predicted octanol–water partition coefficient (Wildman–Crippen LogP) is 0.812. The van der Waals surface area contributed by atoms with Crippen LogP contribution < -0.4 is 10.1 Å². The Morgan fingerprint density at radius 1 is 1.50 bits per heavy atom. The van der Waals surface area contributed by atoms with Gasteiger partial charge in [-0.05, 0) is 0 Å². The summed E-state index contributed by atoms with van der Waals surface area (Å²) in [5.74, 6) is 0.773. The van der Waals surface area contributed by atoms with Crippen LogP contribution in [0.5, 0.6) is 5.75 Å². The standard InChI is InChI=1S/C11H21N3O2/c1-9(2)12-5-11(8-15-4)16-10-6-13-14(3)7-10/h6-7,9,11-12H,5,8H2,1-4H3. The van der Waals surface area contributed by atoms with Crippen LogP contribution in [-0.4, -0.2) is 42.2 Å². The van der Waals surface area contributed by atoms with Crippen molar-refractivity contribution in [3.05, 3.63) is 12.4 Å². The molecule has 92 valence electrons. The summed E-state index contributed by atoms with van der Waals surface area (Å²) >= 11 is 0. The normalized spacial score (nSPS) is 13.1. The molecular weight excluding hydrogens is 206 g/mol. The number of hydrogen-bond donors (Lipinski definition) is 1. The minimum atomic E-state index is 0.0107. The minimum absolute atomic E-state index is 0.0107. The summed E-state index contributed by atoms with van der Waals surface area (Å²) in [6.07, 6.45) is 3.56. The molecule has 1 atom stereocenters. The van der Waals surface area contributed by atoms with E-state index in [2.05, 4.69) is 24.3 Å². The maximum Gasteiger partial charge on any atom is 0.157 e. The number of aromatic nitrogens is 2. The topological polar surface area (TPSA) is 48.3 Å². The Bertz CT molecular complexity index is 299. The van der Waals surface area contributed by atoms with Crippen molar-refractivity contribution in [1.82, 2.24) is 15.1 Å². The zero-order valence-electron chi connectivity index (χ0n) is 10.4. The van der Waals surface area contributed by atoms with Gasteiger partial charge in [-0.3, -0.25) is 4.68 Å². The first-order valence-electron chi connectivity index (χ1n) is 5.49. The average Bonchev–Trinajstić information content (AvgIpc) is 2.61. The van der Waals surface area contributed by atoms with E-state index in [1.165, 1.54) is 0 Å². The van der Waals surface area contributed by atoms with Crippen molar-refractivity contribution in [2.75, 3.05) is 20.3 Å². The van der Waals surface area contributed by atoms with Crippen LogP contribution in [0.1, 0.15) is 13.8 Å². The van der Waals surface area contributed by atoms with Crippen molar-refractivity contribution in [2.24, 2.45) is 7.05 Å². The van der Waals surface area contributed by atoms with Crippen LogP contribution in [0.3, 0.4) is 0 Å². The second-order valence-corrected chi connectivity index (χ2v) is 4.11. The number of methoxy groups -OCH3 is 1. The molecule has 0 aliphatic carbocycles. The van der Waals surface area contributed by atoms with E-state index in [4.69, 9.17) is 9.47 Å². The zero-order valence-corrected chi connectivity index (χ0v) is 10.4. The summed E-state index contributed by atoms with van der Waals surface area (Å²) in [6.45, 7) is 5.54. The largest absolute Gasteiger partial charge is 0.483 e. The van der Waals surface area contributed by atoms with Gasteiger partial charge in [-0.25, -0.2) is 0 Å². The highest BCUT2D eigenvalue weighted by atomic mass is 16.5. The highest BCUT2D eigenvalue weighted by Crippen LogP contribution is 2.09. The van der Waals surface area contributed by atoms with Crippen molar-refractivity contribution < 1.29 is 9.47 Å². The van der Waals surface area contributed by atoms with Gasteiger partial charge in [0.1, 0.15) is 6.10 Å². The SMILES string of the molecule is COCC(CNC(C)C)Oc1cnn(C)c1. The third-order valence-corrected chi connectivity index (χ3v) is 2.09. The Labute approximate surface area is 96.7 Å². The molecular formula is C11H21N3O2. The molecule has 0 aliphatic heterocycles. The summed E-state index contributed by atoms with van der Waals surface area (Å²) in [5, 5.41) is 7.38. The van der Waals surface area contributed by atoms with Crippen LogP contribution in [-0.2, 0) is 11.8 Å². The van der Waals surface area contributed by atoms with Gasteiger partial charge in [0, 0.05) is 26.7 Å². The number of nitrogens with zero attached hydrogens (tertiary/aromatic N) is 2. The number of aryl methyl sites for hydroxylation is 1. The van der Waals surface area contributed by atoms with Gasteiger partial charge in [-0.1, -0.05) is 13.8 Å². The first-order valence-corrected chi connectivity index (χ1v) is 5.49. The average molecular weight is 227 g/mol.